The van der Waals surface area contributed by atoms with Crippen LogP contribution in [0.2, 0.25) is 10.0 Å². The fraction of sp³-hybridized carbons (Fsp3) is 0.0625. The van der Waals surface area contributed by atoms with Crippen LogP contribution in [0.25, 0.3) is 0 Å². The van der Waals surface area contributed by atoms with Gasteiger partial charge in [0.2, 0.25) is 0 Å². The first-order valence-electron chi connectivity index (χ1n) is 7.32. The number of aromatic nitrogens is 3. The van der Waals surface area contributed by atoms with E-state index in [9.17, 15) is 14.9 Å². The second-order valence-electron chi connectivity index (χ2n) is 5.23. The number of nitrogens with zero attached hydrogens (tertiary/aromatic N) is 4. The van der Waals surface area contributed by atoms with Crippen molar-refractivity contribution in [2.24, 2.45) is 7.05 Å². The van der Waals surface area contributed by atoms with Gasteiger partial charge in [-0.05, 0) is 42.1 Å². The van der Waals surface area contributed by atoms with Crippen LogP contribution in [-0.4, -0.2) is 25.7 Å². The maximum atomic E-state index is 12.3. The first-order chi connectivity index (χ1) is 12.8. The average molecular weight is 425 g/mol. The highest BCUT2D eigenvalue weighted by Gasteiger charge is 2.21. The topological polar surface area (TPSA) is 100 Å². The summed E-state index contributed by atoms with van der Waals surface area (Å²) in [6.45, 7) is 0. The summed E-state index contributed by atoms with van der Waals surface area (Å²) in [7, 11) is 1.72. The van der Waals surface area contributed by atoms with Crippen LogP contribution in [0.15, 0.2) is 52.8 Å². The molecule has 3 rings (SSSR count). The zero-order valence-electron chi connectivity index (χ0n) is 13.6. The molecule has 0 unspecified atom stereocenters. The zero-order chi connectivity index (χ0) is 19.6. The van der Waals surface area contributed by atoms with E-state index in [-0.39, 0.29) is 22.0 Å². The van der Waals surface area contributed by atoms with Gasteiger partial charge in [0.1, 0.15) is 12.1 Å². The fourth-order valence-corrected chi connectivity index (χ4v) is 3.35. The number of carbonyl (C=O) groups excluding carboxylic acids is 1. The number of nitro groups is 1. The van der Waals surface area contributed by atoms with Gasteiger partial charge in [-0.1, -0.05) is 23.2 Å². The van der Waals surface area contributed by atoms with Crippen molar-refractivity contribution in [3.63, 3.8) is 0 Å². The van der Waals surface area contributed by atoms with Gasteiger partial charge in [-0.2, -0.15) is 0 Å². The van der Waals surface area contributed by atoms with Gasteiger partial charge >= 0.3 is 5.97 Å². The molecule has 0 amide bonds. The molecule has 2 aromatic carbocycles. The highest BCUT2D eigenvalue weighted by Crippen LogP contribution is 2.35. The molecule has 0 spiro atoms. The highest BCUT2D eigenvalue weighted by atomic mass is 35.5. The number of hydrogen-bond acceptors (Lipinski definition) is 7. The first kappa shape index (κ1) is 19.2. The lowest BCUT2D eigenvalue weighted by atomic mass is 10.2. The van der Waals surface area contributed by atoms with Crippen molar-refractivity contribution in [3.05, 3.63) is 68.4 Å². The zero-order valence-corrected chi connectivity index (χ0v) is 16.0. The van der Waals surface area contributed by atoms with E-state index in [2.05, 4.69) is 10.2 Å². The van der Waals surface area contributed by atoms with Crippen LogP contribution in [0.4, 0.5) is 5.69 Å². The number of ether oxygens (including phenoxy) is 1. The third kappa shape index (κ3) is 4.38. The van der Waals surface area contributed by atoms with Gasteiger partial charge in [0.15, 0.2) is 5.16 Å². The number of esters is 1. The third-order valence-electron chi connectivity index (χ3n) is 3.36. The maximum absolute atomic E-state index is 12.3. The van der Waals surface area contributed by atoms with E-state index in [1.54, 1.807) is 11.6 Å². The molecule has 0 fully saturated rings. The fourth-order valence-electron chi connectivity index (χ4n) is 2.05. The number of nitro benzene ring substituents is 1. The summed E-state index contributed by atoms with van der Waals surface area (Å²) in [5, 5.41) is 20.0. The second kappa shape index (κ2) is 7.95. The molecule has 0 radical (unpaired) electrons. The average Bonchev–Trinajstić information content (AvgIpc) is 3.02. The van der Waals surface area contributed by atoms with Crippen LogP contribution in [0.3, 0.4) is 0 Å². The predicted octanol–water partition coefficient (Wildman–Crippen LogP) is 4.40. The number of halogens is 2. The minimum Gasteiger partial charge on any atom is -0.421 e. The molecule has 138 valence electrons. The van der Waals surface area contributed by atoms with Crippen molar-refractivity contribution in [2.45, 2.75) is 10.1 Å². The number of hydrogen-bond donors (Lipinski definition) is 0. The summed E-state index contributed by atoms with van der Waals surface area (Å²) in [5.74, 6) is -0.677. The van der Waals surface area contributed by atoms with E-state index in [0.29, 0.717) is 15.1 Å². The molecule has 1 aromatic heterocycles. The van der Waals surface area contributed by atoms with Gasteiger partial charge in [-0.3, -0.25) is 10.1 Å². The van der Waals surface area contributed by atoms with Crippen molar-refractivity contribution in [3.8, 4) is 5.75 Å². The predicted molar refractivity (Wildman–Crippen MR) is 99.6 cm³/mol. The molecule has 0 aliphatic carbocycles. The Morgan fingerprint density at radius 3 is 2.67 bits per heavy atom. The third-order valence-corrected chi connectivity index (χ3v) is 5.01. The molecule has 0 saturated heterocycles. The van der Waals surface area contributed by atoms with E-state index >= 15 is 0 Å². The van der Waals surface area contributed by atoms with E-state index in [4.69, 9.17) is 27.9 Å². The van der Waals surface area contributed by atoms with Crippen LogP contribution in [-0.2, 0) is 7.05 Å². The van der Waals surface area contributed by atoms with E-state index < -0.39 is 10.9 Å². The van der Waals surface area contributed by atoms with Gasteiger partial charge in [-0.15, -0.1) is 10.2 Å². The second-order valence-corrected chi connectivity index (χ2v) is 7.08. The Labute approximate surface area is 167 Å². The van der Waals surface area contributed by atoms with Crippen LogP contribution in [0, 0.1) is 10.1 Å². The lowest BCUT2D eigenvalue weighted by molar-refractivity contribution is -0.387. The number of benzene rings is 2. The number of rotatable bonds is 5. The van der Waals surface area contributed by atoms with Gasteiger partial charge in [0.25, 0.3) is 5.69 Å². The summed E-state index contributed by atoms with van der Waals surface area (Å²) >= 11 is 12.8. The SMILES string of the molecule is Cn1cnnc1Sc1ccc(C(=O)Oc2ccc(Cl)cc2Cl)cc1[N+](=O)[O-]. The summed E-state index contributed by atoms with van der Waals surface area (Å²) in [4.78, 5) is 23.5. The van der Waals surface area contributed by atoms with E-state index in [1.807, 2.05) is 0 Å². The van der Waals surface area contributed by atoms with Crippen molar-refractivity contribution in [1.29, 1.82) is 0 Å². The smallest absolute Gasteiger partial charge is 0.343 e. The van der Waals surface area contributed by atoms with Crippen molar-refractivity contribution in [2.75, 3.05) is 0 Å². The summed E-state index contributed by atoms with van der Waals surface area (Å²) in [6, 6.07) is 8.41. The molecule has 11 heteroatoms. The van der Waals surface area contributed by atoms with E-state index in [0.717, 1.165) is 17.8 Å². The molecule has 3 aromatic rings. The standard InChI is InChI=1S/C16H10Cl2N4O4S/c1-21-8-19-20-16(21)27-14-5-2-9(6-12(14)22(24)25)15(23)26-13-4-3-10(17)7-11(13)18/h2-8H,1H3. The summed E-state index contributed by atoms with van der Waals surface area (Å²) in [5.41, 5.74) is -0.241. The minimum atomic E-state index is -0.780. The number of aryl methyl sites for hydroxylation is 1. The van der Waals surface area contributed by atoms with Crippen LogP contribution in [0.5, 0.6) is 5.75 Å². The molecule has 0 N–H and O–H groups in total. The van der Waals surface area contributed by atoms with Crippen LogP contribution in [0.1, 0.15) is 10.4 Å². The Morgan fingerprint density at radius 1 is 1.26 bits per heavy atom. The monoisotopic (exact) mass is 424 g/mol. The maximum Gasteiger partial charge on any atom is 0.343 e. The van der Waals surface area contributed by atoms with Gasteiger partial charge in [0.05, 0.1) is 20.4 Å². The van der Waals surface area contributed by atoms with Crippen molar-refractivity contribution < 1.29 is 14.5 Å². The van der Waals surface area contributed by atoms with Gasteiger partial charge in [0, 0.05) is 18.1 Å². The Morgan fingerprint density at radius 2 is 2.04 bits per heavy atom. The Kier molecular flexibility index (Phi) is 5.64. The molecule has 1 heterocycles. The first-order valence-corrected chi connectivity index (χ1v) is 8.90. The van der Waals surface area contributed by atoms with E-state index in [1.165, 1.54) is 36.7 Å². The Hall–Kier alpha value is -2.62. The molecule has 27 heavy (non-hydrogen) atoms. The summed E-state index contributed by atoms with van der Waals surface area (Å²) in [6.07, 6.45) is 1.48. The molecular formula is C16H10Cl2N4O4S. The molecule has 0 bridgehead atoms. The van der Waals surface area contributed by atoms with Crippen LogP contribution >= 0.6 is 35.0 Å². The quantitative estimate of drug-likeness (QED) is 0.259. The molecule has 0 atom stereocenters. The Bertz CT molecular complexity index is 1040. The molecule has 0 saturated carbocycles. The number of carbonyl (C=O) groups is 1. The molecular weight excluding hydrogens is 415 g/mol. The molecule has 0 aliphatic rings. The molecule has 8 nitrogen and oxygen atoms in total. The highest BCUT2D eigenvalue weighted by molar-refractivity contribution is 7.99. The lowest BCUT2D eigenvalue weighted by Gasteiger charge is -2.08. The van der Waals surface area contributed by atoms with Gasteiger partial charge in [-0.25, -0.2) is 4.79 Å². The van der Waals surface area contributed by atoms with Crippen molar-refractivity contribution in [1.82, 2.24) is 14.8 Å². The summed E-state index contributed by atoms with van der Waals surface area (Å²) < 4.78 is 6.82. The Balaban J connectivity index is 1.88. The van der Waals surface area contributed by atoms with Crippen molar-refractivity contribution >= 4 is 46.6 Å². The van der Waals surface area contributed by atoms with Crippen LogP contribution < -0.4 is 4.74 Å². The minimum absolute atomic E-state index is 0.00929. The molecule has 0 aliphatic heterocycles. The normalized spacial score (nSPS) is 10.6. The van der Waals surface area contributed by atoms with Gasteiger partial charge < -0.3 is 9.30 Å². The largest absolute Gasteiger partial charge is 0.421 e. The lowest BCUT2D eigenvalue weighted by Crippen LogP contribution is -2.09.